The summed E-state index contributed by atoms with van der Waals surface area (Å²) in [4.78, 5) is 39.6. The Bertz CT molecular complexity index is 1170. The molecular weight excluding hydrogens is 470 g/mol. The fourth-order valence-corrected chi connectivity index (χ4v) is 6.61. The molecule has 1 N–H and O–H groups in total. The molecule has 1 aromatic carbocycles. The number of thiophene rings is 1. The molecule has 0 saturated carbocycles. The van der Waals surface area contributed by atoms with Gasteiger partial charge in [-0.1, -0.05) is 12.1 Å². The highest BCUT2D eigenvalue weighted by Gasteiger charge is 2.34. The van der Waals surface area contributed by atoms with E-state index in [1.54, 1.807) is 6.08 Å². The molecule has 0 bridgehead atoms. The highest BCUT2D eigenvalue weighted by Crippen LogP contribution is 2.32. The molecule has 2 saturated heterocycles. The molecule has 0 radical (unpaired) electrons. The number of sulfonamides is 1. The third kappa shape index (κ3) is 4.80. The van der Waals surface area contributed by atoms with E-state index in [1.165, 1.54) is 39.9 Å². The van der Waals surface area contributed by atoms with Gasteiger partial charge in [-0.2, -0.15) is 4.31 Å². The number of nitrogens with zero attached hydrogens (tertiary/aromatic N) is 2. The summed E-state index contributed by atoms with van der Waals surface area (Å²) < 4.78 is 26.9. The van der Waals surface area contributed by atoms with Gasteiger partial charge in [-0.25, -0.2) is 8.42 Å². The highest BCUT2D eigenvalue weighted by atomic mass is 32.2. The summed E-state index contributed by atoms with van der Waals surface area (Å²) in [6.45, 7) is 1.06. The average molecular weight is 492 g/mol. The minimum atomic E-state index is -3.62. The molecule has 32 heavy (non-hydrogen) atoms. The first-order valence-corrected chi connectivity index (χ1v) is 13.2. The van der Waals surface area contributed by atoms with Gasteiger partial charge in [0.05, 0.1) is 9.80 Å². The predicted octanol–water partition coefficient (Wildman–Crippen LogP) is 3.00. The number of rotatable bonds is 7. The Morgan fingerprint density at radius 2 is 1.91 bits per heavy atom. The SMILES string of the molecule is O=C(NCCN1C(=O)S/C(=C\c2cccs2)C1=O)c1cccc(S(=O)(=O)N2CCCC2)c1. The van der Waals surface area contributed by atoms with Crippen LogP contribution in [0, 0.1) is 0 Å². The number of hydrogen-bond acceptors (Lipinski definition) is 7. The Morgan fingerprint density at radius 3 is 2.62 bits per heavy atom. The van der Waals surface area contributed by atoms with Crippen LogP contribution in [-0.4, -0.2) is 60.9 Å². The quantitative estimate of drug-likeness (QED) is 0.597. The van der Waals surface area contributed by atoms with Crippen molar-refractivity contribution in [3.63, 3.8) is 0 Å². The first-order chi connectivity index (χ1) is 15.4. The van der Waals surface area contributed by atoms with Gasteiger partial charge in [0.15, 0.2) is 0 Å². The van der Waals surface area contributed by atoms with Crippen molar-refractivity contribution in [1.82, 2.24) is 14.5 Å². The summed E-state index contributed by atoms with van der Waals surface area (Å²) >= 11 is 2.34. The molecule has 0 unspecified atom stereocenters. The molecule has 2 fully saturated rings. The van der Waals surface area contributed by atoms with Gasteiger partial charge in [0, 0.05) is 36.6 Å². The van der Waals surface area contributed by atoms with Crippen molar-refractivity contribution in [3.8, 4) is 0 Å². The van der Waals surface area contributed by atoms with Crippen molar-refractivity contribution >= 4 is 56.3 Å². The smallest absolute Gasteiger partial charge is 0.293 e. The number of nitrogens with one attached hydrogen (secondary N) is 1. The lowest BCUT2D eigenvalue weighted by Crippen LogP contribution is -2.37. The molecule has 168 valence electrons. The molecule has 3 amide bonds. The van der Waals surface area contributed by atoms with Crippen LogP contribution in [0.15, 0.2) is 51.6 Å². The van der Waals surface area contributed by atoms with Gasteiger partial charge < -0.3 is 5.32 Å². The fraction of sp³-hybridized carbons (Fsp3) is 0.286. The number of imide groups is 1. The molecule has 2 aliphatic heterocycles. The van der Waals surface area contributed by atoms with E-state index in [-0.39, 0.29) is 34.7 Å². The molecule has 4 rings (SSSR count). The van der Waals surface area contributed by atoms with Gasteiger partial charge >= 0.3 is 0 Å². The van der Waals surface area contributed by atoms with E-state index in [0.29, 0.717) is 18.0 Å². The first kappa shape index (κ1) is 22.7. The molecule has 0 spiro atoms. The van der Waals surface area contributed by atoms with Crippen LogP contribution in [0.5, 0.6) is 0 Å². The maximum absolute atomic E-state index is 12.7. The van der Waals surface area contributed by atoms with Crippen LogP contribution < -0.4 is 5.32 Å². The zero-order chi connectivity index (χ0) is 22.7. The summed E-state index contributed by atoms with van der Waals surface area (Å²) in [6, 6.07) is 9.61. The molecule has 0 aliphatic carbocycles. The Morgan fingerprint density at radius 1 is 1.12 bits per heavy atom. The van der Waals surface area contributed by atoms with Crippen LogP contribution in [0.1, 0.15) is 28.1 Å². The van der Waals surface area contributed by atoms with Crippen molar-refractivity contribution in [3.05, 3.63) is 57.1 Å². The number of thioether (sulfide) groups is 1. The molecule has 11 heteroatoms. The normalized spacial score (nSPS) is 18.6. The number of carbonyl (C=O) groups is 3. The second kappa shape index (κ2) is 9.57. The van der Waals surface area contributed by atoms with Crippen LogP contribution in [0.3, 0.4) is 0 Å². The third-order valence-corrected chi connectivity index (χ3v) is 8.73. The molecule has 2 aliphatic rings. The summed E-state index contributed by atoms with van der Waals surface area (Å²) in [5.74, 6) is -0.856. The van der Waals surface area contributed by atoms with Crippen molar-refractivity contribution < 1.29 is 22.8 Å². The second-order valence-corrected chi connectivity index (χ2v) is 11.2. The first-order valence-electron chi connectivity index (χ1n) is 10.0. The second-order valence-electron chi connectivity index (χ2n) is 7.24. The Hall–Kier alpha value is -2.47. The molecule has 3 heterocycles. The summed E-state index contributed by atoms with van der Waals surface area (Å²) in [5.41, 5.74) is 0.206. The summed E-state index contributed by atoms with van der Waals surface area (Å²) in [6.07, 6.45) is 3.34. The minimum Gasteiger partial charge on any atom is -0.350 e. The molecule has 1 aromatic heterocycles. The predicted molar refractivity (Wildman–Crippen MR) is 124 cm³/mol. The van der Waals surface area contributed by atoms with E-state index in [9.17, 15) is 22.8 Å². The topological polar surface area (TPSA) is 104 Å². The van der Waals surface area contributed by atoms with Gasteiger partial charge in [-0.05, 0) is 60.3 Å². The van der Waals surface area contributed by atoms with Crippen LogP contribution in [-0.2, 0) is 14.8 Å². The van der Waals surface area contributed by atoms with E-state index in [4.69, 9.17) is 0 Å². The summed E-state index contributed by atoms with van der Waals surface area (Å²) in [5, 5.41) is 4.16. The van der Waals surface area contributed by atoms with E-state index >= 15 is 0 Å². The van der Waals surface area contributed by atoms with Crippen molar-refractivity contribution in [2.75, 3.05) is 26.2 Å². The van der Waals surface area contributed by atoms with E-state index in [0.717, 1.165) is 34.4 Å². The largest absolute Gasteiger partial charge is 0.350 e. The van der Waals surface area contributed by atoms with E-state index in [1.807, 2.05) is 17.5 Å². The lowest BCUT2D eigenvalue weighted by Gasteiger charge is -2.16. The molecule has 2 aromatic rings. The number of amides is 3. The van der Waals surface area contributed by atoms with Gasteiger partial charge in [0.25, 0.3) is 17.1 Å². The Labute approximate surface area is 194 Å². The van der Waals surface area contributed by atoms with Crippen molar-refractivity contribution in [2.24, 2.45) is 0 Å². The van der Waals surface area contributed by atoms with Crippen LogP contribution >= 0.6 is 23.1 Å². The van der Waals surface area contributed by atoms with Gasteiger partial charge in [-0.15, -0.1) is 11.3 Å². The molecule has 8 nitrogen and oxygen atoms in total. The zero-order valence-corrected chi connectivity index (χ0v) is 19.5. The van der Waals surface area contributed by atoms with Crippen molar-refractivity contribution in [2.45, 2.75) is 17.7 Å². The van der Waals surface area contributed by atoms with E-state index < -0.39 is 15.9 Å². The molecular formula is C21H21N3O5S3. The van der Waals surface area contributed by atoms with Gasteiger partial charge in [0.1, 0.15) is 0 Å². The highest BCUT2D eigenvalue weighted by molar-refractivity contribution is 8.18. The monoisotopic (exact) mass is 491 g/mol. The van der Waals surface area contributed by atoms with Gasteiger partial charge in [-0.3, -0.25) is 19.3 Å². The maximum Gasteiger partial charge on any atom is 0.293 e. The lowest BCUT2D eigenvalue weighted by molar-refractivity contribution is -0.122. The van der Waals surface area contributed by atoms with Crippen molar-refractivity contribution in [1.29, 1.82) is 0 Å². The minimum absolute atomic E-state index is 0.0317. The van der Waals surface area contributed by atoms with Crippen LogP contribution in [0.25, 0.3) is 6.08 Å². The summed E-state index contributed by atoms with van der Waals surface area (Å²) in [7, 11) is -3.62. The van der Waals surface area contributed by atoms with E-state index in [2.05, 4.69) is 5.32 Å². The average Bonchev–Trinajstić information content (AvgIpc) is 3.54. The fourth-order valence-electron chi connectivity index (χ4n) is 3.45. The van der Waals surface area contributed by atoms with Gasteiger partial charge in [0.2, 0.25) is 10.0 Å². The Balaban J connectivity index is 1.36. The molecule has 0 atom stereocenters. The lowest BCUT2D eigenvalue weighted by atomic mass is 10.2. The van der Waals surface area contributed by atoms with Crippen LogP contribution in [0.2, 0.25) is 0 Å². The Kier molecular flexibility index (Phi) is 6.79. The zero-order valence-electron chi connectivity index (χ0n) is 17.0. The third-order valence-electron chi connectivity index (χ3n) is 5.11. The maximum atomic E-state index is 12.7. The number of hydrogen-bond donors (Lipinski definition) is 1. The van der Waals surface area contributed by atoms with Crippen LogP contribution in [0.4, 0.5) is 4.79 Å². The number of carbonyl (C=O) groups excluding carboxylic acids is 3. The number of benzene rings is 1. The standard InChI is InChI=1S/C21H21N3O5S3/c25-19(15-5-3-7-17(13-15)32(28,29)23-9-1-2-10-23)22-8-11-24-20(26)18(31-21(24)27)14-16-6-4-12-30-16/h3-7,12-14H,1-2,8-11H2,(H,22,25)/b18-14-.